The largest absolute Gasteiger partial charge is 0.495 e. The Bertz CT molecular complexity index is 2480. The Labute approximate surface area is 371 Å². The molecule has 0 aliphatic carbocycles. The number of aromatic nitrogens is 6. The molecular weight excluding hydrogens is 874 g/mol. The summed E-state index contributed by atoms with van der Waals surface area (Å²) in [6.45, 7) is 7.89. The third kappa shape index (κ3) is 9.46. The van der Waals surface area contributed by atoms with Gasteiger partial charge in [-0.2, -0.15) is 10.2 Å². The Balaban J connectivity index is 0.000000184. The van der Waals surface area contributed by atoms with E-state index in [2.05, 4.69) is 25.1 Å². The molecule has 8 rings (SSSR count). The predicted molar refractivity (Wildman–Crippen MR) is 230 cm³/mol. The summed E-state index contributed by atoms with van der Waals surface area (Å²) in [5.41, 5.74) is 3.88. The van der Waals surface area contributed by atoms with Crippen molar-refractivity contribution in [3.8, 4) is 34.7 Å². The van der Waals surface area contributed by atoms with Crippen LogP contribution < -0.4 is 19.0 Å². The number of hydroxylamine groups is 2. The molecule has 0 spiro atoms. The number of carbonyl (C=O) groups is 2. The van der Waals surface area contributed by atoms with E-state index in [-0.39, 0.29) is 29.6 Å². The molecule has 2 fully saturated rings. The van der Waals surface area contributed by atoms with Gasteiger partial charge in [-0.3, -0.25) is 19.0 Å². The number of rotatable bonds is 10. The minimum Gasteiger partial charge on any atom is -0.495 e. The van der Waals surface area contributed by atoms with E-state index in [1.807, 2.05) is 30.0 Å². The molecule has 2 aliphatic heterocycles. The van der Waals surface area contributed by atoms with Crippen LogP contribution in [0.2, 0.25) is 20.1 Å². The summed E-state index contributed by atoms with van der Waals surface area (Å²) >= 11 is 24.9. The summed E-state index contributed by atoms with van der Waals surface area (Å²) in [7, 11) is 3.12. The number of anilines is 1. The van der Waals surface area contributed by atoms with Crippen LogP contribution in [0.4, 0.5) is 11.4 Å². The van der Waals surface area contributed by atoms with E-state index in [1.54, 1.807) is 46.5 Å². The molecule has 4 aromatic heterocycles. The molecule has 17 nitrogen and oxygen atoms in total. The maximum atomic E-state index is 12.9. The molecule has 1 N–H and O–H groups in total. The molecule has 21 heteroatoms. The fraction of sp³-hybridized carbons (Fsp3) is 0.350. The van der Waals surface area contributed by atoms with Gasteiger partial charge in [0.05, 0.1) is 71.2 Å². The van der Waals surface area contributed by atoms with Crippen molar-refractivity contribution < 1.29 is 33.1 Å². The highest BCUT2D eigenvalue weighted by molar-refractivity contribution is 6.34. The topological polar surface area (TPSA) is 170 Å². The van der Waals surface area contributed by atoms with E-state index in [4.69, 9.17) is 64.7 Å². The Hall–Kier alpha value is -5.30. The average Bonchev–Trinajstić information content (AvgIpc) is 4.10. The molecular formula is C40H43Cl4N10O7+. The number of halogens is 4. The first kappa shape index (κ1) is 43.8. The molecule has 0 unspecified atom stereocenters. The van der Waals surface area contributed by atoms with Crippen LogP contribution in [-0.4, -0.2) is 123 Å². The van der Waals surface area contributed by atoms with Crippen LogP contribution >= 0.6 is 46.4 Å². The minimum absolute atomic E-state index is 0.00967. The normalized spacial score (nSPS) is 15.1. The number of oxazole rings is 2. The van der Waals surface area contributed by atoms with Crippen molar-refractivity contribution in [3.63, 3.8) is 0 Å². The number of amides is 2. The third-order valence-electron chi connectivity index (χ3n) is 10.7. The molecule has 6 heterocycles. The first-order chi connectivity index (χ1) is 29.3. The van der Waals surface area contributed by atoms with Gasteiger partial charge in [-0.25, -0.2) is 15.2 Å². The molecule has 2 amide bonds. The quantitative estimate of drug-likeness (QED) is 0.141. The van der Waals surface area contributed by atoms with Crippen molar-refractivity contribution in [2.24, 2.45) is 0 Å². The van der Waals surface area contributed by atoms with E-state index in [1.165, 1.54) is 32.0 Å². The summed E-state index contributed by atoms with van der Waals surface area (Å²) in [5.74, 6) is 1.66. The van der Waals surface area contributed by atoms with Gasteiger partial charge in [0.15, 0.2) is 17.1 Å². The zero-order chi connectivity index (χ0) is 43.4. The van der Waals surface area contributed by atoms with Crippen molar-refractivity contribution in [2.75, 3.05) is 71.5 Å². The van der Waals surface area contributed by atoms with Crippen LogP contribution in [0.25, 0.3) is 23.2 Å². The zero-order valence-corrected chi connectivity index (χ0v) is 36.7. The Morgan fingerprint density at radius 1 is 0.705 bits per heavy atom. The maximum Gasteiger partial charge on any atom is 0.248 e. The molecule has 2 aliphatic rings. The van der Waals surface area contributed by atoms with Gasteiger partial charge in [0, 0.05) is 50.1 Å². The van der Waals surface area contributed by atoms with E-state index < -0.39 is 0 Å². The van der Waals surface area contributed by atoms with Gasteiger partial charge in [-0.05, 0) is 32.0 Å². The SMILES string of the molecule is COc1cc(N2CCN(C(=O)Cn3nc(-c4ncco4)c(Cl)c3C)CC2)ccc1Cl.COc1cc([N+]2(O)CCN(C(=O)Cn3nc(-c4ncco4)c(Cl)c3C)CC2)ccc1Cl. The van der Waals surface area contributed by atoms with Crippen LogP contribution in [0.15, 0.2) is 70.2 Å². The summed E-state index contributed by atoms with van der Waals surface area (Å²) in [5, 5.41) is 21.8. The van der Waals surface area contributed by atoms with E-state index in [9.17, 15) is 14.8 Å². The average molecular weight is 918 g/mol. The molecule has 61 heavy (non-hydrogen) atoms. The minimum atomic E-state index is -0.293. The van der Waals surface area contributed by atoms with Gasteiger partial charge in [0.1, 0.15) is 50.2 Å². The molecule has 0 radical (unpaired) electrons. The van der Waals surface area contributed by atoms with E-state index >= 15 is 0 Å². The van der Waals surface area contributed by atoms with E-state index in [0.717, 1.165) is 18.8 Å². The fourth-order valence-electron chi connectivity index (χ4n) is 7.04. The summed E-state index contributed by atoms with van der Waals surface area (Å²) in [6.07, 6.45) is 5.94. The highest BCUT2D eigenvalue weighted by Gasteiger charge is 2.37. The molecule has 0 saturated carbocycles. The van der Waals surface area contributed by atoms with Crippen LogP contribution in [-0.2, 0) is 22.7 Å². The lowest BCUT2D eigenvalue weighted by Crippen LogP contribution is -2.60. The van der Waals surface area contributed by atoms with Crippen molar-refractivity contribution in [3.05, 3.63) is 92.8 Å². The Morgan fingerprint density at radius 3 is 1.66 bits per heavy atom. The van der Waals surface area contributed by atoms with Crippen LogP contribution in [0.1, 0.15) is 11.4 Å². The standard InChI is InChI=1S/C20H22Cl2N5O4.C20H21Cl2N5O3/c1-13-18(22)19(20-23-5-10-31-20)24-26(13)12-17(28)25-6-8-27(29,9-7-25)14-3-4-15(21)16(11-14)30-2;1-13-18(22)19(20-23-5-10-30-20)24-27(13)12-17(28)26-8-6-25(7-9-26)14-3-4-15(21)16(11-14)29-2/h3-5,10-11,29H,6-9,12H2,1-2H3;3-5,10-11H,6-9,12H2,1-2H3/q+1;. The molecule has 6 aromatic rings. The first-order valence-corrected chi connectivity index (χ1v) is 20.6. The second kappa shape index (κ2) is 18.8. The first-order valence-electron chi connectivity index (χ1n) is 19.1. The van der Waals surface area contributed by atoms with Gasteiger partial charge in [-0.1, -0.05) is 46.4 Å². The summed E-state index contributed by atoms with van der Waals surface area (Å²) < 4.78 is 23.9. The van der Waals surface area contributed by atoms with Crippen LogP contribution in [0.5, 0.6) is 11.5 Å². The second-order valence-corrected chi connectivity index (χ2v) is 15.8. The number of hydrogen-bond acceptors (Lipinski definition) is 12. The van der Waals surface area contributed by atoms with Crippen LogP contribution in [0, 0.1) is 13.8 Å². The molecule has 0 bridgehead atoms. The van der Waals surface area contributed by atoms with Crippen molar-refractivity contribution in [2.45, 2.75) is 26.9 Å². The lowest BCUT2D eigenvalue weighted by Gasteiger charge is -2.38. The van der Waals surface area contributed by atoms with Crippen molar-refractivity contribution in [1.29, 1.82) is 0 Å². The number of nitrogens with zero attached hydrogens (tertiary/aromatic N) is 10. The Kier molecular flexibility index (Phi) is 13.5. The molecule has 0 atom stereocenters. The number of quaternary nitrogens is 1. The number of piperazine rings is 2. The molecule has 2 aromatic carbocycles. The number of carbonyl (C=O) groups excluding carboxylic acids is 2. The number of methoxy groups -OCH3 is 2. The lowest BCUT2D eigenvalue weighted by molar-refractivity contribution is -0.143. The van der Waals surface area contributed by atoms with Gasteiger partial charge in [-0.15, -0.1) is 4.65 Å². The highest BCUT2D eigenvalue weighted by Crippen LogP contribution is 2.34. The summed E-state index contributed by atoms with van der Waals surface area (Å²) in [6, 6.07) is 10.9. The monoisotopic (exact) mass is 915 g/mol. The van der Waals surface area contributed by atoms with Crippen LogP contribution in [0.3, 0.4) is 0 Å². The van der Waals surface area contributed by atoms with Gasteiger partial charge < -0.3 is 33.0 Å². The third-order valence-corrected chi connectivity index (χ3v) is 12.2. The predicted octanol–water partition coefficient (Wildman–Crippen LogP) is 6.91. The van der Waals surface area contributed by atoms with Gasteiger partial charge >= 0.3 is 0 Å². The molecule has 2 saturated heterocycles. The molecule has 322 valence electrons. The lowest BCUT2D eigenvalue weighted by atomic mass is 10.2. The number of benzene rings is 2. The fourth-order valence-corrected chi connectivity index (χ4v) is 7.86. The Morgan fingerprint density at radius 2 is 1.18 bits per heavy atom. The van der Waals surface area contributed by atoms with Crippen molar-refractivity contribution >= 4 is 69.6 Å². The zero-order valence-electron chi connectivity index (χ0n) is 33.7. The number of ether oxygens (including phenoxy) is 2. The second-order valence-electron chi connectivity index (χ2n) is 14.2. The van der Waals surface area contributed by atoms with Crippen molar-refractivity contribution in [1.82, 2.24) is 44.0 Å². The highest BCUT2D eigenvalue weighted by atomic mass is 35.5. The number of hydrogen-bond donors (Lipinski definition) is 1. The van der Waals surface area contributed by atoms with E-state index in [0.29, 0.717) is 111 Å². The smallest absolute Gasteiger partial charge is 0.248 e. The van der Waals surface area contributed by atoms with Gasteiger partial charge in [0.2, 0.25) is 23.6 Å². The summed E-state index contributed by atoms with van der Waals surface area (Å²) in [4.78, 5) is 39.6. The van der Waals surface area contributed by atoms with Gasteiger partial charge in [0.25, 0.3) is 0 Å². The maximum absolute atomic E-state index is 12.9.